The monoisotopic (exact) mass is 228 g/mol. The summed E-state index contributed by atoms with van der Waals surface area (Å²) in [6.07, 6.45) is 5.76. The summed E-state index contributed by atoms with van der Waals surface area (Å²) in [5, 5.41) is 0.988. The van der Waals surface area contributed by atoms with E-state index in [2.05, 4.69) is 20.9 Å². The van der Waals surface area contributed by atoms with Gasteiger partial charge in [-0.1, -0.05) is 11.3 Å². The Labute approximate surface area is 76.6 Å². The van der Waals surface area contributed by atoms with Gasteiger partial charge in [-0.3, -0.25) is 0 Å². The summed E-state index contributed by atoms with van der Waals surface area (Å²) in [5.74, 6) is 0. The van der Waals surface area contributed by atoms with Crippen LogP contribution >= 0.6 is 27.3 Å². The smallest absolute Gasteiger partial charge is 0.194 e. The van der Waals surface area contributed by atoms with Crippen molar-refractivity contribution in [2.45, 2.75) is 0 Å². The molecule has 0 spiro atoms. The van der Waals surface area contributed by atoms with Gasteiger partial charge in [0.15, 0.2) is 5.13 Å². The molecule has 0 amide bonds. The van der Waals surface area contributed by atoms with Gasteiger partial charge in [0.1, 0.15) is 0 Å². The van der Waals surface area contributed by atoms with Gasteiger partial charge in [-0.05, 0) is 28.1 Å². The molecule has 11 heavy (non-hydrogen) atoms. The summed E-state index contributed by atoms with van der Waals surface area (Å²) in [6.45, 7) is 0. The van der Waals surface area contributed by atoms with Crippen LogP contribution in [0.5, 0.6) is 0 Å². The Kier molecular flexibility index (Phi) is 1.79. The minimum Gasteiger partial charge on any atom is -0.300 e. The fraction of sp³-hybridized carbons (Fsp3) is 0. The van der Waals surface area contributed by atoms with Gasteiger partial charge in [-0.2, -0.15) is 0 Å². The summed E-state index contributed by atoms with van der Waals surface area (Å²) in [4.78, 5) is 4.19. The van der Waals surface area contributed by atoms with E-state index in [9.17, 15) is 0 Å². The van der Waals surface area contributed by atoms with Crippen LogP contribution in [0.1, 0.15) is 0 Å². The van der Waals surface area contributed by atoms with E-state index >= 15 is 0 Å². The van der Waals surface area contributed by atoms with E-state index < -0.39 is 0 Å². The molecular formula is C7H5BrN2S. The molecule has 0 aliphatic carbocycles. The second-order valence-electron chi connectivity index (χ2n) is 2.04. The van der Waals surface area contributed by atoms with Crippen LogP contribution in [0.2, 0.25) is 0 Å². The van der Waals surface area contributed by atoms with Gasteiger partial charge < -0.3 is 4.57 Å². The lowest BCUT2D eigenvalue weighted by Gasteiger charge is -1.92. The molecule has 0 aliphatic heterocycles. The van der Waals surface area contributed by atoms with E-state index in [0.29, 0.717) is 0 Å². The highest BCUT2D eigenvalue weighted by molar-refractivity contribution is 9.11. The zero-order valence-electron chi connectivity index (χ0n) is 5.57. The molecule has 0 N–H and O–H groups in total. The molecule has 2 aromatic rings. The summed E-state index contributed by atoms with van der Waals surface area (Å²) >= 11 is 4.97. The number of nitrogens with zero attached hydrogens (tertiary/aromatic N) is 2. The molecule has 0 unspecified atom stereocenters. The summed E-state index contributed by atoms with van der Waals surface area (Å²) in [5.41, 5.74) is 0. The first-order valence-electron chi connectivity index (χ1n) is 3.11. The second kappa shape index (κ2) is 2.79. The lowest BCUT2D eigenvalue weighted by Crippen LogP contribution is -1.85. The zero-order valence-corrected chi connectivity index (χ0v) is 7.97. The molecule has 0 aromatic carbocycles. The molecule has 0 aliphatic rings. The fourth-order valence-electron chi connectivity index (χ4n) is 0.827. The zero-order chi connectivity index (χ0) is 7.68. The number of halogens is 1. The fourth-order valence-corrected chi connectivity index (χ4v) is 1.98. The standard InChI is InChI=1S/C7H5BrN2S/c8-6-5-9-7(11-6)10-3-1-2-4-10/h1-5H. The number of thiazole rings is 1. The molecule has 0 bridgehead atoms. The average molecular weight is 229 g/mol. The molecule has 2 heterocycles. The number of hydrogen-bond acceptors (Lipinski definition) is 2. The van der Waals surface area contributed by atoms with Crippen molar-refractivity contribution in [2.24, 2.45) is 0 Å². The third-order valence-corrected chi connectivity index (χ3v) is 2.78. The van der Waals surface area contributed by atoms with Crippen molar-refractivity contribution in [3.63, 3.8) is 0 Å². The quantitative estimate of drug-likeness (QED) is 0.735. The van der Waals surface area contributed by atoms with Crippen molar-refractivity contribution in [1.82, 2.24) is 9.55 Å². The third kappa shape index (κ3) is 1.36. The SMILES string of the molecule is Brc1cnc(-n2cccc2)s1. The van der Waals surface area contributed by atoms with E-state index in [-0.39, 0.29) is 0 Å². The maximum atomic E-state index is 4.19. The van der Waals surface area contributed by atoms with E-state index in [4.69, 9.17) is 0 Å². The molecule has 0 atom stereocenters. The Morgan fingerprint density at radius 3 is 2.64 bits per heavy atom. The van der Waals surface area contributed by atoms with E-state index in [1.54, 1.807) is 17.5 Å². The van der Waals surface area contributed by atoms with Crippen molar-refractivity contribution in [3.05, 3.63) is 34.5 Å². The van der Waals surface area contributed by atoms with Gasteiger partial charge in [0.2, 0.25) is 0 Å². The van der Waals surface area contributed by atoms with E-state index in [1.807, 2.05) is 29.1 Å². The Bertz CT molecular complexity index is 339. The lowest BCUT2D eigenvalue weighted by atomic mass is 10.7. The summed E-state index contributed by atoms with van der Waals surface area (Å²) in [7, 11) is 0. The molecule has 56 valence electrons. The second-order valence-corrected chi connectivity index (χ2v) is 4.43. The van der Waals surface area contributed by atoms with Crippen LogP contribution in [0, 0.1) is 0 Å². The largest absolute Gasteiger partial charge is 0.300 e. The molecule has 0 radical (unpaired) electrons. The number of rotatable bonds is 1. The molecule has 0 saturated carbocycles. The number of hydrogen-bond donors (Lipinski definition) is 0. The minimum absolute atomic E-state index is 0.988. The molecule has 0 saturated heterocycles. The summed E-state index contributed by atoms with van der Waals surface area (Å²) < 4.78 is 3.04. The van der Waals surface area contributed by atoms with Crippen molar-refractivity contribution in [1.29, 1.82) is 0 Å². The van der Waals surface area contributed by atoms with Crippen LogP contribution in [0.4, 0.5) is 0 Å². The van der Waals surface area contributed by atoms with Crippen LogP contribution < -0.4 is 0 Å². The predicted octanol–water partition coefficient (Wildman–Crippen LogP) is 2.70. The van der Waals surface area contributed by atoms with Crippen LogP contribution in [0.25, 0.3) is 5.13 Å². The normalized spacial score (nSPS) is 10.3. The van der Waals surface area contributed by atoms with Crippen molar-refractivity contribution < 1.29 is 0 Å². The Hall–Kier alpha value is -0.610. The molecule has 4 heteroatoms. The molecule has 0 fully saturated rings. The van der Waals surface area contributed by atoms with Gasteiger partial charge in [-0.25, -0.2) is 4.98 Å². The molecular weight excluding hydrogens is 224 g/mol. The van der Waals surface area contributed by atoms with Crippen molar-refractivity contribution in [2.75, 3.05) is 0 Å². The highest BCUT2D eigenvalue weighted by Gasteiger charge is 1.98. The van der Waals surface area contributed by atoms with Gasteiger partial charge >= 0.3 is 0 Å². The Morgan fingerprint density at radius 1 is 1.36 bits per heavy atom. The van der Waals surface area contributed by atoms with Crippen LogP contribution in [0.15, 0.2) is 34.5 Å². The van der Waals surface area contributed by atoms with Gasteiger partial charge in [0, 0.05) is 12.4 Å². The van der Waals surface area contributed by atoms with Crippen LogP contribution in [-0.2, 0) is 0 Å². The third-order valence-electron chi connectivity index (χ3n) is 1.29. The van der Waals surface area contributed by atoms with Crippen molar-refractivity contribution >= 4 is 27.3 Å². The van der Waals surface area contributed by atoms with Gasteiger partial charge in [0.25, 0.3) is 0 Å². The molecule has 2 nitrogen and oxygen atoms in total. The molecule has 2 aromatic heterocycles. The van der Waals surface area contributed by atoms with Gasteiger partial charge in [0.05, 0.1) is 9.98 Å². The Balaban J connectivity index is 2.45. The summed E-state index contributed by atoms with van der Waals surface area (Å²) in [6, 6.07) is 3.96. The maximum Gasteiger partial charge on any atom is 0.194 e. The first-order chi connectivity index (χ1) is 5.36. The van der Waals surface area contributed by atoms with Gasteiger partial charge in [-0.15, -0.1) is 0 Å². The molecule has 2 rings (SSSR count). The van der Waals surface area contributed by atoms with Crippen molar-refractivity contribution in [3.8, 4) is 5.13 Å². The van der Waals surface area contributed by atoms with E-state index in [0.717, 1.165) is 8.92 Å². The average Bonchev–Trinajstić information content (AvgIpc) is 2.55. The Morgan fingerprint density at radius 2 is 2.09 bits per heavy atom. The minimum atomic E-state index is 0.988. The van der Waals surface area contributed by atoms with Crippen LogP contribution in [-0.4, -0.2) is 9.55 Å². The van der Waals surface area contributed by atoms with Crippen LogP contribution in [0.3, 0.4) is 0 Å². The lowest BCUT2D eigenvalue weighted by molar-refractivity contribution is 1.05. The highest BCUT2D eigenvalue weighted by Crippen LogP contribution is 2.21. The maximum absolute atomic E-state index is 4.19. The predicted molar refractivity (Wildman–Crippen MR) is 49.1 cm³/mol. The first-order valence-corrected chi connectivity index (χ1v) is 4.72. The highest BCUT2D eigenvalue weighted by atomic mass is 79.9. The topological polar surface area (TPSA) is 17.8 Å². The first kappa shape index (κ1) is 7.06. The number of aromatic nitrogens is 2. The van der Waals surface area contributed by atoms with E-state index in [1.165, 1.54) is 0 Å².